The van der Waals surface area contributed by atoms with Crippen LogP contribution in [0.2, 0.25) is 0 Å². The molecular weight excluding hydrogens is 1010 g/mol. The predicted octanol–water partition coefficient (Wildman–Crippen LogP) is 6.03. The van der Waals surface area contributed by atoms with E-state index in [0.717, 1.165) is 0 Å². The summed E-state index contributed by atoms with van der Waals surface area (Å²) in [5.41, 5.74) is 2.01. The van der Waals surface area contributed by atoms with E-state index in [4.69, 9.17) is 23.7 Å². The van der Waals surface area contributed by atoms with Crippen molar-refractivity contribution in [2.45, 2.75) is 50.7 Å². The van der Waals surface area contributed by atoms with E-state index in [0.29, 0.717) is 22.1 Å². The molecule has 6 atom stereocenters. The van der Waals surface area contributed by atoms with Crippen molar-refractivity contribution in [2.75, 3.05) is 11.9 Å². The third kappa shape index (κ3) is 11.7. The molecule has 1 saturated heterocycles. The summed E-state index contributed by atoms with van der Waals surface area (Å²) < 4.78 is 65.1. The van der Waals surface area contributed by atoms with Crippen LogP contribution >= 0.6 is 23.5 Å². The van der Waals surface area contributed by atoms with Crippen molar-refractivity contribution in [1.82, 2.24) is 19.5 Å². The zero-order chi connectivity index (χ0) is 51.7. The number of aromatic nitrogens is 4. The molecule has 3 aliphatic rings. The van der Waals surface area contributed by atoms with Crippen LogP contribution in [0.1, 0.15) is 59.9 Å². The Morgan fingerprint density at radius 1 is 1.00 bits per heavy atom. The first-order valence-electron chi connectivity index (χ1n) is 20.9. The second-order valence-corrected chi connectivity index (χ2v) is 20.1. The Hall–Kier alpha value is -7.07. The van der Waals surface area contributed by atoms with Gasteiger partial charge in [0.25, 0.3) is 12.2 Å². The van der Waals surface area contributed by atoms with Gasteiger partial charge in [-0.3, -0.25) is 33.6 Å². The zero-order valence-corrected chi connectivity index (χ0v) is 39.5. The third-order valence-corrected chi connectivity index (χ3v) is 14.7. The summed E-state index contributed by atoms with van der Waals surface area (Å²) in [7, 11) is -16.9. The molecule has 3 aromatic carbocycles. The van der Waals surface area contributed by atoms with Crippen LogP contribution in [0.4, 0.5) is 11.5 Å². The number of imidazole rings is 1. The lowest BCUT2D eigenvalue weighted by atomic mass is 9.91. The molecular formula is C43H37N6O20P3. The highest BCUT2D eigenvalue weighted by atomic mass is 31.3. The fraction of sp³-hybridized carbons (Fsp3) is 0.209. The van der Waals surface area contributed by atoms with E-state index >= 15 is 0 Å². The van der Waals surface area contributed by atoms with Gasteiger partial charge < -0.3 is 49.0 Å². The van der Waals surface area contributed by atoms with Gasteiger partial charge in [-0.2, -0.15) is 8.62 Å². The first-order chi connectivity index (χ1) is 34.1. The van der Waals surface area contributed by atoms with E-state index in [-0.39, 0.29) is 99.1 Å². The van der Waals surface area contributed by atoms with Gasteiger partial charge in [0.15, 0.2) is 28.2 Å². The summed E-state index contributed by atoms with van der Waals surface area (Å²) in [6.45, 7) is 0.971. The number of hydrogen-bond donors (Lipinski definition) is 7. The number of ether oxygens (including phenoxy) is 2. The van der Waals surface area contributed by atoms with Crippen LogP contribution in [0.15, 0.2) is 94.7 Å². The number of carbonyl (C=O) groups excluding carboxylic acids is 2. The maximum Gasteiger partial charge on any atom is 0.490 e. The van der Waals surface area contributed by atoms with Crippen LogP contribution < -0.4 is 15.5 Å². The first-order valence-corrected chi connectivity index (χ1v) is 25.4. The number of rotatable bonds is 18. The number of phosphoric acid groups is 3. The van der Waals surface area contributed by atoms with Gasteiger partial charge in [-0.05, 0) is 61.5 Å². The van der Waals surface area contributed by atoms with E-state index in [2.05, 4.69) is 45.3 Å². The second-order valence-electron chi connectivity index (χ2n) is 15.7. The highest BCUT2D eigenvalue weighted by Gasteiger charge is 2.43. The molecule has 1 aliphatic carbocycles. The Morgan fingerprint density at radius 3 is 2.54 bits per heavy atom. The number of carbonyl (C=O) groups is 2. The first kappa shape index (κ1) is 51.3. The zero-order valence-electron chi connectivity index (χ0n) is 36.8. The van der Waals surface area contributed by atoms with Gasteiger partial charge in [-0.25, -0.2) is 28.6 Å². The largest absolute Gasteiger partial charge is 0.508 e. The predicted molar refractivity (Wildman–Crippen MR) is 248 cm³/mol. The number of phenolic OH excluding ortho intramolecular Hbond substituents is 1. The minimum atomic E-state index is -5.78. The van der Waals surface area contributed by atoms with Crippen molar-refractivity contribution in [3.05, 3.63) is 122 Å². The average Bonchev–Trinajstić information content (AvgIpc) is 3.91. The van der Waals surface area contributed by atoms with Gasteiger partial charge in [-0.15, -0.1) is 0 Å². The summed E-state index contributed by atoms with van der Waals surface area (Å²) in [4.78, 5) is 98.6. The molecule has 2 aliphatic heterocycles. The number of fused-ring (bicyclic) bond motifs is 3. The van der Waals surface area contributed by atoms with Gasteiger partial charge >= 0.3 is 23.5 Å². The minimum absolute atomic E-state index is 0.0553. The molecule has 72 heavy (non-hydrogen) atoms. The number of hydrogen-bond acceptors (Lipinski definition) is 20. The molecule has 2 unspecified atom stereocenters. The quantitative estimate of drug-likeness (QED) is 0.00980. The Balaban J connectivity index is 0.935. The van der Waals surface area contributed by atoms with Crippen LogP contribution in [0.25, 0.3) is 44.6 Å². The lowest BCUT2D eigenvalue weighted by molar-refractivity contribution is -0.385. The Morgan fingerprint density at radius 2 is 1.79 bits per heavy atom. The average molecular weight is 1050 g/mol. The molecule has 0 radical (unpaired) electrons. The van der Waals surface area contributed by atoms with Crippen molar-refractivity contribution < 1.29 is 85.0 Å². The Bertz CT molecular complexity index is 3530. The SMILES string of the molecule is C[C@H](Nc1ncnc2c1ncn2[C@H]1C[C@@H](O)[C@@H](COP(=O)(O)OP(=O)(O)OP(=O)(O)O)O1)c1ccc(C#CCCC(=O)c2ccc(OC=O)c(-c3c4ccc(=O)cc-4oc4cc(O)ccc34)c2)cc1[N+](=O)[O-]. The van der Waals surface area contributed by atoms with Crippen molar-refractivity contribution in [3.63, 3.8) is 0 Å². The molecule has 0 amide bonds. The lowest BCUT2D eigenvalue weighted by Crippen LogP contribution is -2.26. The second kappa shape index (κ2) is 20.6. The normalized spacial score (nSPS) is 17.9. The number of aromatic hydroxyl groups is 1. The number of ketones is 1. The summed E-state index contributed by atoms with van der Waals surface area (Å²) in [6, 6.07) is 16.6. The Kier molecular flexibility index (Phi) is 14.7. The number of anilines is 1. The van der Waals surface area contributed by atoms with Crippen molar-refractivity contribution in [1.29, 1.82) is 0 Å². The molecule has 29 heteroatoms. The lowest BCUT2D eigenvalue weighted by Gasteiger charge is -2.19. The van der Waals surface area contributed by atoms with Crippen LogP contribution in [0, 0.1) is 22.0 Å². The number of phenols is 1. The number of nitro groups is 1. The van der Waals surface area contributed by atoms with Crippen LogP contribution in [-0.4, -0.2) is 85.3 Å². The molecule has 5 aromatic rings. The summed E-state index contributed by atoms with van der Waals surface area (Å²) in [5, 5.41) is 36.7. The van der Waals surface area contributed by atoms with Gasteiger partial charge in [0.2, 0.25) is 0 Å². The van der Waals surface area contributed by atoms with Crippen LogP contribution in [0.3, 0.4) is 0 Å². The standard InChI is InChI=1S/C43H37N6O20P3/c1-23(47-42-41-43(45-20-44-42)48(21-46-41)39-18-34(54)38(67-39)19-65-71(60,61)69-72(62,63)68-70(57,58)59)28-10-6-24(14-32(28)49(55)56)4-2-3-5-33(53)25-7-13-35(64-22-50)31(15-25)40-29-11-8-26(51)16-36(29)66-37-17-27(52)9-12-30(37)40/h6-17,20-23,34,38-39,51,54H,3,5,18-19H2,1H3,(H,60,61)(H,62,63)(H,44,45,47)(H2,57,58,59)/t23-,34+,38+,39+/m0/s1. The number of benzene rings is 4. The number of nitrogens with one attached hydrogen (secondary N) is 1. The maximum absolute atomic E-state index is 13.6. The fourth-order valence-electron chi connectivity index (χ4n) is 7.79. The molecule has 7 N–H and O–H groups in total. The molecule has 374 valence electrons. The molecule has 0 bridgehead atoms. The smallest absolute Gasteiger partial charge is 0.490 e. The van der Waals surface area contributed by atoms with Crippen LogP contribution in [0.5, 0.6) is 11.5 Å². The highest BCUT2D eigenvalue weighted by Crippen LogP contribution is 2.66. The molecule has 0 spiro atoms. The van der Waals surface area contributed by atoms with Gasteiger partial charge in [0, 0.05) is 70.7 Å². The number of nitro benzene ring substituents is 1. The highest BCUT2D eigenvalue weighted by molar-refractivity contribution is 7.66. The Labute approximate surface area is 403 Å². The van der Waals surface area contributed by atoms with E-state index in [1.807, 2.05) is 0 Å². The molecule has 8 rings (SSSR count). The molecule has 26 nitrogen and oxygen atoms in total. The van der Waals surface area contributed by atoms with E-state index in [9.17, 15) is 58.2 Å². The minimum Gasteiger partial charge on any atom is -0.508 e. The topological polar surface area (TPSA) is 382 Å². The van der Waals surface area contributed by atoms with E-state index in [1.165, 1.54) is 65.8 Å². The van der Waals surface area contributed by atoms with Crippen LogP contribution in [-0.2, 0) is 36.4 Å². The molecule has 1 fully saturated rings. The van der Waals surface area contributed by atoms with Gasteiger partial charge in [0.05, 0.1) is 35.6 Å². The van der Waals surface area contributed by atoms with Crippen molar-refractivity contribution in [3.8, 4) is 45.8 Å². The molecule has 2 aromatic heterocycles. The number of aliphatic hydroxyl groups excluding tert-OH is 1. The molecule has 4 heterocycles. The number of nitrogens with zero attached hydrogens (tertiary/aromatic N) is 5. The number of phosphoric ester groups is 1. The summed E-state index contributed by atoms with van der Waals surface area (Å²) >= 11 is 0. The van der Waals surface area contributed by atoms with E-state index < -0.39 is 59.5 Å². The van der Waals surface area contributed by atoms with Crippen molar-refractivity contribution in [2.24, 2.45) is 0 Å². The maximum atomic E-state index is 13.6. The summed E-state index contributed by atoms with van der Waals surface area (Å²) in [5.74, 6) is 5.79. The monoisotopic (exact) mass is 1050 g/mol. The third-order valence-electron chi connectivity index (χ3n) is 10.9. The fourth-order valence-corrected chi connectivity index (χ4v) is 10.8. The van der Waals surface area contributed by atoms with E-state index in [1.54, 1.807) is 31.2 Å². The van der Waals surface area contributed by atoms with Gasteiger partial charge in [0.1, 0.15) is 41.5 Å². The number of aliphatic hydroxyl groups is 1. The molecule has 0 saturated carbocycles. The van der Waals surface area contributed by atoms with Crippen molar-refractivity contribution >= 4 is 69.4 Å². The van der Waals surface area contributed by atoms with Gasteiger partial charge in [-0.1, -0.05) is 11.8 Å². The summed E-state index contributed by atoms with van der Waals surface area (Å²) in [6.07, 6.45) is -1.39. The number of Topliss-reactive ketones (excluding diaryl/α,β-unsaturated/α-hetero) is 1.